The van der Waals surface area contributed by atoms with Gasteiger partial charge in [-0.15, -0.1) is 0 Å². The van der Waals surface area contributed by atoms with Crippen LogP contribution in [0.2, 0.25) is 0 Å². The van der Waals surface area contributed by atoms with Gasteiger partial charge in [0.1, 0.15) is 0 Å². The van der Waals surface area contributed by atoms with E-state index in [0.717, 1.165) is 0 Å². The summed E-state index contributed by atoms with van der Waals surface area (Å²) in [7, 11) is 0. The lowest BCUT2D eigenvalue weighted by molar-refractivity contribution is 0.0919. The van der Waals surface area contributed by atoms with Gasteiger partial charge in [-0.1, -0.05) is 0 Å². The van der Waals surface area contributed by atoms with Gasteiger partial charge in [-0.2, -0.15) is 0 Å². The van der Waals surface area contributed by atoms with Crippen LogP contribution >= 0.6 is 0 Å². The second kappa shape index (κ2) is 3.70. The number of rotatable bonds is 1. The highest BCUT2D eigenvalue weighted by molar-refractivity contribution is 5.94. The second-order valence-corrected chi connectivity index (χ2v) is 4.28. The molecule has 0 aliphatic carbocycles. The van der Waals surface area contributed by atoms with Crippen molar-refractivity contribution in [1.82, 2.24) is 11.1 Å². The average molecular weight is 191 g/mol. The van der Waals surface area contributed by atoms with Crippen molar-refractivity contribution in [3.63, 3.8) is 0 Å². The van der Waals surface area contributed by atoms with Gasteiger partial charge in [-0.3, -0.25) is 4.79 Å². The third kappa shape index (κ3) is 3.09. The van der Waals surface area contributed by atoms with Crippen molar-refractivity contribution in [3.8, 4) is 0 Å². The van der Waals surface area contributed by atoms with Crippen LogP contribution in [0.3, 0.4) is 0 Å². The summed E-state index contributed by atoms with van der Waals surface area (Å²) in [6.07, 6.45) is 0. The highest BCUT2D eigenvalue weighted by Crippen LogP contribution is 2.08. The van der Waals surface area contributed by atoms with Gasteiger partial charge in [0.05, 0.1) is 5.69 Å². The molecular weight excluding hydrogens is 176 g/mol. The van der Waals surface area contributed by atoms with E-state index >= 15 is 0 Å². The number of carbonyl (C=O) groups excluding carboxylic acids is 1. The van der Waals surface area contributed by atoms with Gasteiger partial charge in [0.25, 0.3) is 5.91 Å². The van der Waals surface area contributed by atoms with Crippen LogP contribution in [0.1, 0.15) is 31.1 Å². The lowest BCUT2D eigenvalue weighted by atomic mass is 10.1. The third-order valence-corrected chi connectivity index (χ3v) is 1.64. The monoisotopic (exact) mass is 191 g/mol. The molecule has 0 aliphatic rings. The molecule has 1 radical (unpaired) electrons. The zero-order valence-corrected chi connectivity index (χ0v) is 8.72. The first-order chi connectivity index (χ1) is 6.38. The predicted octanol–water partition coefficient (Wildman–Crippen LogP) is 2.13. The van der Waals surface area contributed by atoms with Crippen LogP contribution in [0.25, 0.3) is 0 Å². The molecular formula is C11H15N2O. The van der Waals surface area contributed by atoms with Crippen LogP contribution in [-0.2, 0) is 0 Å². The molecule has 3 heteroatoms. The molecule has 0 spiro atoms. The molecule has 0 unspecified atom stereocenters. The summed E-state index contributed by atoms with van der Waals surface area (Å²) in [5.74, 6) is -0.0995. The van der Waals surface area contributed by atoms with Crippen molar-refractivity contribution < 1.29 is 4.79 Å². The molecule has 0 fully saturated rings. The van der Waals surface area contributed by atoms with Crippen LogP contribution in [0.4, 0.5) is 5.69 Å². The first-order valence-electron chi connectivity index (χ1n) is 4.53. The topological polar surface area (TPSA) is 52.9 Å². The summed E-state index contributed by atoms with van der Waals surface area (Å²) in [5.41, 5.74) is 8.06. The Bertz CT molecular complexity index is 322. The fourth-order valence-corrected chi connectivity index (χ4v) is 1.03. The molecule has 0 aromatic heterocycles. The summed E-state index contributed by atoms with van der Waals surface area (Å²) in [4.78, 5) is 11.6. The summed E-state index contributed by atoms with van der Waals surface area (Å²) < 4.78 is 0. The second-order valence-electron chi connectivity index (χ2n) is 4.28. The summed E-state index contributed by atoms with van der Waals surface area (Å²) in [5, 5.41) is 2.85. The van der Waals surface area contributed by atoms with Gasteiger partial charge in [0.2, 0.25) is 0 Å². The van der Waals surface area contributed by atoms with E-state index in [1.807, 2.05) is 20.8 Å². The Morgan fingerprint density at radius 2 is 1.71 bits per heavy atom. The van der Waals surface area contributed by atoms with E-state index < -0.39 is 0 Å². The Labute approximate surface area is 84.3 Å². The Balaban J connectivity index is 2.76. The van der Waals surface area contributed by atoms with E-state index in [-0.39, 0.29) is 11.4 Å². The Kier molecular flexibility index (Phi) is 2.79. The standard InChI is InChI=1S/C11H15N2O/c1-11(2,3)13-10(14)8-4-6-9(12)7-5-8/h4-7,12H,1-3H3,(H,13,14). The number of carbonyl (C=O) groups is 1. The molecule has 1 aromatic rings. The molecule has 0 heterocycles. The number of amides is 1. The minimum Gasteiger partial charge on any atom is -0.347 e. The minimum absolute atomic E-state index is 0.0995. The zero-order valence-electron chi connectivity index (χ0n) is 8.72. The number of nitrogens with one attached hydrogen (secondary N) is 2. The molecule has 1 amide bonds. The van der Waals surface area contributed by atoms with E-state index in [4.69, 9.17) is 5.73 Å². The maximum atomic E-state index is 11.6. The predicted molar refractivity (Wildman–Crippen MR) is 56.4 cm³/mol. The van der Waals surface area contributed by atoms with Crippen LogP contribution in [-0.4, -0.2) is 11.4 Å². The molecule has 0 saturated heterocycles. The van der Waals surface area contributed by atoms with Gasteiger partial charge >= 0.3 is 0 Å². The molecule has 0 atom stereocenters. The van der Waals surface area contributed by atoms with Crippen LogP contribution < -0.4 is 11.1 Å². The Hall–Kier alpha value is -1.51. The highest BCUT2D eigenvalue weighted by Gasteiger charge is 2.14. The van der Waals surface area contributed by atoms with Gasteiger partial charge in [0, 0.05) is 11.1 Å². The fourth-order valence-electron chi connectivity index (χ4n) is 1.03. The van der Waals surface area contributed by atoms with Crippen molar-refractivity contribution >= 4 is 11.6 Å². The largest absolute Gasteiger partial charge is 0.347 e. The number of hydrogen-bond donors (Lipinski definition) is 1. The van der Waals surface area contributed by atoms with E-state index in [2.05, 4.69) is 5.32 Å². The fraction of sp³-hybridized carbons (Fsp3) is 0.364. The highest BCUT2D eigenvalue weighted by atomic mass is 16.1. The average Bonchev–Trinajstić information content (AvgIpc) is 2.02. The van der Waals surface area contributed by atoms with Crippen molar-refractivity contribution in [3.05, 3.63) is 29.8 Å². The van der Waals surface area contributed by atoms with E-state index in [0.29, 0.717) is 11.3 Å². The van der Waals surface area contributed by atoms with Crippen molar-refractivity contribution in [2.24, 2.45) is 0 Å². The van der Waals surface area contributed by atoms with Crippen LogP contribution in [0.5, 0.6) is 0 Å². The van der Waals surface area contributed by atoms with Crippen LogP contribution in [0, 0.1) is 0 Å². The van der Waals surface area contributed by atoms with Crippen molar-refractivity contribution in [2.45, 2.75) is 26.3 Å². The Morgan fingerprint density at radius 1 is 1.21 bits per heavy atom. The number of hydrogen-bond acceptors (Lipinski definition) is 1. The van der Waals surface area contributed by atoms with Crippen LogP contribution in [0.15, 0.2) is 24.3 Å². The van der Waals surface area contributed by atoms with Gasteiger partial charge in [-0.25, -0.2) is 0 Å². The summed E-state index contributed by atoms with van der Waals surface area (Å²) >= 11 is 0. The van der Waals surface area contributed by atoms with Gasteiger partial charge in [-0.05, 0) is 45.0 Å². The molecule has 3 nitrogen and oxygen atoms in total. The van der Waals surface area contributed by atoms with E-state index in [1.165, 1.54) is 0 Å². The van der Waals surface area contributed by atoms with E-state index in [1.54, 1.807) is 24.3 Å². The molecule has 1 rings (SSSR count). The van der Waals surface area contributed by atoms with Crippen molar-refractivity contribution in [2.75, 3.05) is 0 Å². The first-order valence-corrected chi connectivity index (χ1v) is 4.53. The molecule has 1 aromatic carbocycles. The summed E-state index contributed by atoms with van der Waals surface area (Å²) in [6.45, 7) is 5.80. The van der Waals surface area contributed by atoms with E-state index in [9.17, 15) is 4.79 Å². The van der Waals surface area contributed by atoms with Gasteiger partial charge in [0.15, 0.2) is 0 Å². The number of benzene rings is 1. The minimum atomic E-state index is -0.225. The summed E-state index contributed by atoms with van der Waals surface area (Å²) in [6, 6.07) is 6.53. The molecule has 0 aliphatic heterocycles. The first kappa shape index (κ1) is 10.6. The quantitative estimate of drug-likeness (QED) is 0.726. The smallest absolute Gasteiger partial charge is 0.251 e. The Morgan fingerprint density at radius 3 is 2.14 bits per heavy atom. The normalized spacial score (nSPS) is 11.1. The SMILES string of the molecule is CC(C)(C)NC(=O)c1ccc([NH])cc1. The molecule has 0 bridgehead atoms. The lowest BCUT2D eigenvalue weighted by Gasteiger charge is -2.20. The molecule has 2 N–H and O–H groups in total. The lowest BCUT2D eigenvalue weighted by Crippen LogP contribution is -2.40. The molecule has 75 valence electrons. The molecule has 0 saturated carbocycles. The van der Waals surface area contributed by atoms with Crippen molar-refractivity contribution in [1.29, 1.82) is 0 Å². The maximum absolute atomic E-state index is 11.6. The third-order valence-electron chi connectivity index (χ3n) is 1.64. The maximum Gasteiger partial charge on any atom is 0.251 e. The van der Waals surface area contributed by atoms with Gasteiger partial charge < -0.3 is 11.1 Å². The zero-order chi connectivity index (χ0) is 10.8. The molecule has 14 heavy (non-hydrogen) atoms.